The van der Waals surface area contributed by atoms with Crippen molar-refractivity contribution < 1.29 is 4.79 Å². The van der Waals surface area contributed by atoms with Crippen LogP contribution in [0.5, 0.6) is 0 Å². The highest BCUT2D eigenvalue weighted by Gasteiger charge is 2.20. The average molecular weight is 281 g/mol. The number of hydrogen-bond acceptors (Lipinski definition) is 4. The Morgan fingerprint density at radius 3 is 3.11 bits per heavy atom. The SMILES string of the molecule is CC(C)c1nc(CCNC(=O)C2CCCNC2)cs1. The van der Waals surface area contributed by atoms with Gasteiger partial charge in [0.05, 0.1) is 16.6 Å². The van der Waals surface area contributed by atoms with Gasteiger partial charge in [0.15, 0.2) is 0 Å². The molecular formula is C14H23N3OS. The fourth-order valence-electron chi connectivity index (χ4n) is 2.24. The summed E-state index contributed by atoms with van der Waals surface area (Å²) < 4.78 is 0. The molecule has 2 rings (SSSR count). The van der Waals surface area contributed by atoms with Crippen molar-refractivity contribution in [1.82, 2.24) is 15.6 Å². The molecule has 1 fully saturated rings. The van der Waals surface area contributed by atoms with Crippen LogP contribution in [0.25, 0.3) is 0 Å². The lowest BCUT2D eigenvalue weighted by atomic mass is 9.99. The lowest BCUT2D eigenvalue weighted by molar-refractivity contribution is -0.125. The standard InChI is InChI=1S/C14H23N3OS/c1-10(2)14-17-12(9-19-14)5-7-16-13(18)11-4-3-6-15-8-11/h9-11,15H,3-8H2,1-2H3,(H,16,18). The molecule has 1 unspecified atom stereocenters. The third-order valence-corrected chi connectivity index (χ3v) is 4.61. The fraction of sp³-hybridized carbons (Fsp3) is 0.714. The van der Waals surface area contributed by atoms with Gasteiger partial charge in [0.2, 0.25) is 5.91 Å². The quantitative estimate of drug-likeness (QED) is 0.867. The van der Waals surface area contributed by atoms with E-state index in [9.17, 15) is 4.79 Å². The van der Waals surface area contributed by atoms with E-state index in [1.165, 1.54) is 5.01 Å². The smallest absolute Gasteiger partial charge is 0.224 e. The van der Waals surface area contributed by atoms with E-state index in [2.05, 4.69) is 34.8 Å². The van der Waals surface area contributed by atoms with E-state index < -0.39 is 0 Å². The zero-order chi connectivity index (χ0) is 13.7. The maximum Gasteiger partial charge on any atom is 0.224 e. The summed E-state index contributed by atoms with van der Waals surface area (Å²) in [6.45, 7) is 6.86. The molecule has 106 valence electrons. The first-order valence-electron chi connectivity index (χ1n) is 7.09. The van der Waals surface area contributed by atoms with Gasteiger partial charge < -0.3 is 10.6 Å². The Morgan fingerprint density at radius 2 is 2.47 bits per heavy atom. The number of rotatable bonds is 5. The third-order valence-electron chi connectivity index (χ3n) is 3.41. The number of amides is 1. The third kappa shape index (κ3) is 4.28. The lowest BCUT2D eigenvalue weighted by Crippen LogP contribution is -2.41. The van der Waals surface area contributed by atoms with Crippen molar-refractivity contribution in [2.45, 2.75) is 39.0 Å². The second kappa shape index (κ2) is 7.01. The van der Waals surface area contributed by atoms with Gasteiger partial charge in [0, 0.05) is 30.8 Å². The number of carbonyl (C=O) groups is 1. The Balaban J connectivity index is 1.71. The molecule has 2 heterocycles. The Labute approximate surface area is 119 Å². The molecule has 1 amide bonds. The van der Waals surface area contributed by atoms with Crippen LogP contribution in [0, 0.1) is 5.92 Å². The zero-order valence-electron chi connectivity index (χ0n) is 11.7. The molecule has 1 aromatic rings. The van der Waals surface area contributed by atoms with Crippen LogP contribution >= 0.6 is 11.3 Å². The maximum absolute atomic E-state index is 11.9. The van der Waals surface area contributed by atoms with Crippen molar-refractivity contribution in [1.29, 1.82) is 0 Å². The first-order chi connectivity index (χ1) is 9.16. The van der Waals surface area contributed by atoms with Crippen molar-refractivity contribution in [3.63, 3.8) is 0 Å². The molecule has 0 aliphatic carbocycles. The monoisotopic (exact) mass is 281 g/mol. The summed E-state index contributed by atoms with van der Waals surface area (Å²) in [4.78, 5) is 16.5. The van der Waals surface area contributed by atoms with Gasteiger partial charge in [0.1, 0.15) is 0 Å². The van der Waals surface area contributed by atoms with Crippen LogP contribution in [0.3, 0.4) is 0 Å². The first-order valence-corrected chi connectivity index (χ1v) is 7.97. The molecule has 19 heavy (non-hydrogen) atoms. The number of hydrogen-bond donors (Lipinski definition) is 2. The minimum atomic E-state index is 0.149. The highest BCUT2D eigenvalue weighted by atomic mass is 32.1. The summed E-state index contributed by atoms with van der Waals surface area (Å²) in [5, 5.41) is 9.57. The van der Waals surface area contributed by atoms with Gasteiger partial charge in [-0.2, -0.15) is 0 Å². The van der Waals surface area contributed by atoms with E-state index >= 15 is 0 Å². The largest absolute Gasteiger partial charge is 0.355 e. The Hall–Kier alpha value is -0.940. The van der Waals surface area contributed by atoms with E-state index in [1.54, 1.807) is 11.3 Å². The molecule has 1 saturated heterocycles. The fourth-order valence-corrected chi connectivity index (χ4v) is 3.11. The van der Waals surface area contributed by atoms with Crippen LogP contribution < -0.4 is 10.6 Å². The lowest BCUT2D eigenvalue weighted by Gasteiger charge is -2.21. The molecule has 0 bridgehead atoms. The van der Waals surface area contributed by atoms with E-state index in [4.69, 9.17) is 0 Å². The second-order valence-electron chi connectivity index (χ2n) is 5.42. The summed E-state index contributed by atoms with van der Waals surface area (Å²) in [7, 11) is 0. The molecule has 0 aromatic carbocycles. The number of piperidine rings is 1. The van der Waals surface area contributed by atoms with E-state index in [0.29, 0.717) is 12.5 Å². The molecule has 1 atom stereocenters. The van der Waals surface area contributed by atoms with Crippen molar-refractivity contribution in [3.8, 4) is 0 Å². The molecule has 1 aromatic heterocycles. The predicted molar refractivity (Wildman–Crippen MR) is 78.5 cm³/mol. The van der Waals surface area contributed by atoms with Gasteiger partial charge in [-0.25, -0.2) is 4.98 Å². The van der Waals surface area contributed by atoms with Crippen LogP contribution in [-0.2, 0) is 11.2 Å². The van der Waals surface area contributed by atoms with Crippen molar-refractivity contribution in [2.24, 2.45) is 5.92 Å². The molecule has 0 radical (unpaired) electrons. The maximum atomic E-state index is 11.9. The summed E-state index contributed by atoms with van der Waals surface area (Å²) >= 11 is 1.71. The summed E-state index contributed by atoms with van der Waals surface area (Å²) in [6.07, 6.45) is 2.93. The van der Waals surface area contributed by atoms with Crippen LogP contribution in [0.2, 0.25) is 0 Å². The number of thiazole rings is 1. The molecule has 0 saturated carbocycles. The van der Waals surface area contributed by atoms with Crippen LogP contribution in [-0.4, -0.2) is 30.5 Å². The van der Waals surface area contributed by atoms with Gasteiger partial charge in [-0.15, -0.1) is 11.3 Å². The number of nitrogens with one attached hydrogen (secondary N) is 2. The van der Waals surface area contributed by atoms with E-state index in [-0.39, 0.29) is 11.8 Å². The minimum Gasteiger partial charge on any atom is -0.355 e. The Morgan fingerprint density at radius 1 is 1.63 bits per heavy atom. The molecule has 1 aliphatic heterocycles. The highest BCUT2D eigenvalue weighted by molar-refractivity contribution is 7.09. The van der Waals surface area contributed by atoms with Crippen LogP contribution in [0.4, 0.5) is 0 Å². The number of carbonyl (C=O) groups excluding carboxylic acids is 1. The highest BCUT2D eigenvalue weighted by Crippen LogP contribution is 2.19. The average Bonchev–Trinajstić information content (AvgIpc) is 2.89. The first kappa shape index (κ1) is 14.5. The summed E-state index contributed by atoms with van der Waals surface area (Å²) in [5.74, 6) is 0.823. The molecule has 0 spiro atoms. The van der Waals surface area contributed by atoms with E-state index in [1.807, 2.05) is 0 Å². The number of aromatic nitrogens is 1. The van der Waals surface area contributed by atoms with Crippen LogP contribution in [0.1, 0.15) is 43.3 Å². The Bertz CT molecular complexity index is 411. The van der Waals surface area contributed by atoms with Crippen molar-refractivity contribution in [3.05, 3.63) is 16.1 Å². The van der Waals surface area contributed by atoms with Crippen LogP contribution in [0.15, 0.2) is 5.38 Å². The normalized spacial score (nSPS) is 19.6. The Kier molecular flexibility index (Phi) is 5.34. The molecule has 2 N–H and O–H groups in total. The predicted octanol–water partition coefficient (Wildman–Crippen LogP) is 1.92. The van der Waals surface area contributed by atoms with Gasteiger partial charge in [0.25, 0.3) is 0 Å². The number of nitrogens with zero attached hydrogens (tertiary/aromatic N) is 1. The van der Waals surface area contributed by atoms with Gasteiger partial charge in [-0.3, -0.25) is 4.79 Å². The molecule has 4 nitrogen and oxygen atoms in total. The van der Waals surface area contributed by atoms with Gasteiger partial charge in [-0.1, -0.05) is 13.8 Å². The van der Waals surface area contributed by atoms with Gasteiger partial charge in [-0.05, 0) is 19.4 Å². The summed E-state index contributed by atoms with van der Waals surface area (Å²) in [6, 6.07) is 0. The van der Waals surface area contributed by atoms with E-state index in [0.717, 1.165) is 38.0 Å². The van der Waals surface area contributed by atoms with Crippen molar-refractivity contribution in [2.75, 3.05) is 19.6 Å². The summed E-state index contributed by atoms with van der Waals surface area (Å²) in [5.41, 5.74) is 1.09. The topological polar surface area (TPSA) is 54.0 Å². The van der Waals surface area contributed by atoms with Gasteiger partial charge >= 0.3 is 0 Å². The molecule has 1 aliphatic rings. The van der Waals surface area contributed by atoms with Crippen molar-refractivity contribution >= 4 is 17.2 Å². The molecule has 5 heteroatoms. The second-order valence-corrected chi connectivity index (χ2v) is 6.31. The molecular weight excluding hydrogens is 258 g/mol. The zero-order valence-corrected chi connectivity index (χ0v) is 12.6. The minimum absolute atomic E-state index is 0.149.